The van der Waals surface area contributed by atoms with Crippen molar-refractivity contribution in [3.05, 3.63) is 0 Å². The molecule has 7 heteroatoms. The molecule has 0 aromatic heterocycles. The number of carbonyl (C=O) groups is 1. The van der Waals surface area contributed by atoms with E-state index in [1.165, 1.54) is 0 Å². The minimum Gasteiger partial charge on any atom is -0.388 e. The first-order chi connectivity index (χ1) is 6.02. The van der Waals surface area contributed by atoms with Crippen molar-refractivity contribution in [3.8, 4) is 0 Å². The van der Waals surface area contributed by atoms with Crippen LogP contribution in [-0.2, 0) is 4.74 Å². The fraction of sp³-hybridized carbons (Fsp3) is 0.833. The Labute approximate surface area is 74.1 Å². The Hall–Kier alpha value is -0.890. The van der Waals surface area contributed by atoms with Crippen molar-refractivity contribution < 1.29 is 24.9 Å². The average Bonchev–Trinajstić information content (AvgIpc) is 2.06. The summed E-state index contributed by atoms with van der Waals surface area (Å²) in [5, 5.41) is 29.5. The Kier molecular flexibility index (Phi) is 3.04. The number of aliphatic hydroxyl groups is 3. The van der Waals surface area contributed by atoms with E-state index in [4.69, 9.17) is 20.7 Å². The van der Waals surface area contributed by atoms with E-state index in [0.29, 0.717) is 0 Å². The molecule has 0 radical (unpaired) electrons. The number of urea groups is 1. The lowest BCUT2D eigenvalue weighted by molar-refractivity contribution is -0.191. The largest absolute Gasteiger partial charge is 0.388 e. The summed E-state index contributed by atoms with van der Waals surface area (Å²) in [5.74, 6) is 0. The molecular weight excluding hydrogens is 180 g/mol. The first kappa shape index (κ1) is 10.2. The molecule has 6 N–H and O–H groups in total. The zero-order chi connectivity index (χ0) is 10.0. The molecule has 1 aliphatic heterocycles. The molecular formula is C6H12N2O5. The van der Waals surface area contributed by atoms with Crippen molar-refractivity contribution in [1.29, 1.82) is 0 Å². The Morgan fingerprint density at radius 2 is 2.00 bits per heavy atom. The van der Waals surface area contributed by atoms with Crippen LogP contribution in [0.2, 0.25) is 0 Å². The summed E-state index contributed by atoms with van der Waals surface area (Å²) in [6.07, 6.45) is -4.95. The molecule has 13 heavy (non-hydrogen) atoms. The third kappa shape index (κ3) is 2.28. The first-order valence-electron chi connectivity index (χ1n) is 3.74. The van der Waals surface area contributed by atoms with E-state index in [-0.39, 0.29) is 6.61 Å². The molecule has 1 saturated heterocycles. The summed E-state index contributed by atoms with van der Waals surface area (Å²) in [7, 11) is 0. The maximum Gasteiger partial charge on any atom is 0.314 e. The quantitative estimate of drug-likeness (QED) is 0.304. The second-order valence-electron chi connectivity index (χ2n) is 2.81. The van der Waals surface area contributed by atoms with E-state index in [2.05, 4.69) is 5.32 Å². The van der Waals surface area contributed by atoms with Gasteiger partial charge >= 0.3 is 6.03 Å². The van der Waals surface area contributed by atoms with Gasteiger partial charge in [-0.1, -0.05) is 0 Å². The molecule has 4 atom stereocenters. The van der Waals surface area contributed by atoms with Gasteiger partial charge in [-0.3, -0.25) is 0 Å². The maximum absolute atomic E-state index is 10.4. The van der Waals surface area contributed by atoms with E-state index in [0.717, 1.165) is 0 Å². The lowest BCUT2D eigenvalue weighted by Gasteiger charge is -2.34. The zero-order valence-corrected chi connectivity index (χ0v) is 6.75. The van der Waals surface area contributed by atoms with E-state index < -0.39 is 30.6 Å². The number of rotatable bonds is 1. The smallest absolute Gasteiger partial charge is 0.314 e. The third-order valence-electron chi connectivity index (χ3n) is 1.79. The number of hydrogen-bond donors (Lipinski definition) is 5. The van der Waals surface area contributed by atoms with Gasteiger partial charge in [0.15, 0.2) is 6.23 Å². The molecule has 2 amide bonds. The highest BCUT2D eigenvalue weighted by atomic mass is 16.5. The topological polar surface area (TPSA) is 125 Å². The van der Waals surface area contributed by atoms with Crippen molar-refractivity contribution in [2.75, 3.05) is 6.61 Å². The molecule has 0 saturated carbocycles. The molecule has 0 bridgehead atoms. The van der Waals surface area contributed by atoms with E-state index >= 15 is 0 Å². The van der Waals surface area contributed by atoms with Crippen molar-refractivity contribution in [2.24, 2.45) is 5.73 Å². The predicted molar refractivity (Wildman–Crippen MR) is 40.5 cm³/mol. The fourth-order valence-corrected chi connectivity index (χ4v) is 1.07. The number of carbonyl (C=O) groups excluding carboxylic acids is 1. The average molecular weight is 192 g/mol. The van der Waals surface area contributed by atoms with Crippen molar-refractivity contribution in [2.45, 2.75) is 24.5 Å². The van der Waals surface area contributed by atoms with Gasteiger partial charge < -0.3 is 31.1 Å². The van der Waals surface area contributed by atoms with Crippen LogP contribution in [-0.4, -0.2) is 52.5 Å². The fourth-order valence-electron chi connectivity index (χ4n) is 1.07. The molecule has 1 unspecified atom stereocenters. The van der Waals surface area contributed by atoms with E-state index in [9.17, 15) is 9.90 Å². The van der Waals surface area contributed by atoms with Gasteiger partial charge in [-0.15, -0.1) is 0 Å². The van der Waals surface area contributed by atoms with E-state index in [1.54, 1.807) is 0 Å². The summed E-state index contributed by atoms with van der Waals surface area (Å²) in [5.41, 5.74) is 4.78. The highest BCUT2D eigenvalue weighted by Crippen LogP contribution is 2.13. The monoisotopic (exact) mass is 192 g/mol. The van der Waals surface area contributed by atoms with Gasteiger partial charge in [0.25, 0.3) is 0 Å². The normalized spacial score (nSPS) is 39.9. The highest BCUT2D eigenvalue weighted by molar-refractivity contribution is 5.71. The van der Waals surface area contributed by atoms with Gasteiger partial charge in [0.05, 0.1) is 6.61 Å². The minimum atomic E-state index is -1.38. The molecule has 0 aromatic carbocycles. The molecule has 0 aliphatic carbocycles. The molecule has 1 rings (SSSR count). The molecule has 76 valence electrons. The van der Waals surface area contributed by atoms with Crippen LogP contribution in [0.4, 0.5) is 4.79 Å². The van der Waals surface area contributed by atoms with Crippen molar-refractivity contribution >= 4 is 6.03 Å². The van der Waals surface area contributed by atoms with E-state index in [1.807, 2.05) is 0 Å². The number of aliphatic hydroxyl groups excluding tert-OH is 3. The Morgan fingerprint density at radius 1 is 1.38 bits per heavy atom. The SMILES string of the molecule is NC(=O)NC1OC[C@@H](O)[C@H](O)[C@H]1O. The number of nitrogens with one attached hydrogen (secondary N) is 1. The summed E-state index contributed by atoms with van der Waals surface area (Å²) in [4.78, 5) is 10.4. The lowest BCUT2D eigenvalue weighted by Crippen LogP contribution is -2.59. The number of amides is 2. The van der Waals surface area contributed by atoms with Gasteiger partial charge in [0, 0.05) is 0 Å². The minimum absolute atomic E-state index is 0.164. The molecule has 7 nitrogen and oxygen atoms in total. The van der Waals surface area contributed by atoms with Crippen LogP contribution in [0.5, 0.6) is 0 Å². The molecule has 1 fully saturated rings. The number of nitrogens with two attached hydrogens (primary N) is 1. The van der Waals surface area contributed by atoms with Crippen molar-refractivity contribution in [3.63, 3.8) is 0 Å². The third-order valence-corrected chi connectivity index (χ3v) is 1.79. The van der Waals surface area contributed by atoms with Gasteiger partial charge in [0.1, 0.15) is 18.3 Å². The van der Waals surface area contributed by atoms with Crippen LogP contribution >= 0.6 is 0 Å². The highest BCUT2D eigenvalue weighted by Gasteiger charge is 2.37. The Morgan fingerprint density at radius 3 is 2.54 bits per heavy atom. The van der Waals surface area contributed by atoms with Gasteiger partial charge in [-0.05, 0) is 0 Å². The van der Waals surface area contributed by atoms with Crippen LogP contribution in [0.1, 0.15) is 0 Å². The summed E-state index contributed by atoms with van der Waals surface area (Å²) >= 11 is 0. The van der Waals surface area contributed by atoms with Crippen LogP contribution in [0.15, 0.2) is 0 Å². The van der Waals surface area contributed by atoms with Crippen LogP contribution in [0.25, 0.3) is 0 Å². The maximum atomic E-state index is 10.4. The first-order valence-corrected chi connectivity index (χ1v) is 3.74. The Bertz CT molecular complexity index is 199. The van der Waals surface area contributed by atoms with Gasteiger partial charge in [-0.25, -0.2) is 4.79 Å². The van der Waals surface area contributed by atoms with Crippen LogP contribution in [0.3, 0.4) is 0 Å². The Balaban J connectivity index is 2.53. The van der Waals surface area contributed by atoms with Crippen LogP contribution in [0, 0.1) is 0 Å². The molecule has 1 aliphatic rings. The molecule has 0 spiro atoms. The summed E-state index contributed by atoms with van der Waals surface area (Å²) < 4.78 is 4.81. The summed E-state index contributed by atoms with van der Waals surface area (Å²) in [6, 6.07) is -0.868. The second-order valence-corrected chi connectivity index (χ2v) is 2.81. The zero-order valence-electron chi connectivity index (χ0n) is 6.75. The van der Waals surface area contributed by atoms with Gasteiger partial charge in [-0.2, -0.15) is 0 Å². The number of hydrogen-bond acceptors (Lipinski definition) is 5. The number of primary amides is 1. The molecule has 1 heterocycles. The lowest BCUT2D eigenvalue weighted by atomic mass is 10.0. The van der Waals surface area contributed by atoms with Crippen LogP contribution < -0.4 is 11.1 Å². The standard InChI is InChI=1S/C6H12N2O5/c7-6(12)8-5-4(11)3(10)2(9)1-13-5/h2-5,9-11H,1H2,(H3,7,8,12)/t2-,3+,4-,5?/m1/s1. The molecule has 0 aromatic rings. The second kappa shape index (κ2) is 3.88. The number of ether oxygens (including phenoxy) is 1. The summed E-state index contributed by atoms with van der Waals surface area (Å²) in [6.45, 7) is -0.164. The van der Waals surface area contributed by atoms with Gasteiger partial charge in [0.2, 0.25) is 0 Å². The van der Waals surface area contributed by atoms with Crippen molar-refractivity contribution in [1.82, 2.24) is 5.32 Å². The predicted octanol–water partition coefficient (Wildman–Crippen LogP) is -2.91.